The van der Waals surface area contributed by atoms with Crippen LogP contribution in [0.25, 0.3) is 0 Å². The van der Waals surface area contributed by atoms with Crippen molar-refractivity contribution in [2.24, 2.45) is 0 Å². The number of nitrogens with zero attached hydrogens (tertiary/aromatic N) is 1. The highest BCUT2D eigenvalue weighted by Crippen LogP contribution is 2.25. The van der Waals surface area contributed by atoms with E-state index < -0.39 is 17.6 Å². The maximum absolute atomic E-state index is 12.8. The van der Waals surface area contributed by atoms with E-state index in [9.17, 15) is 14.7 Å². The largest absolute Gasteiger partial charge is 0.480 e. The van der Waals surface area contributed by atoms with E-state index in [4.69, 9.17) is 4.74 Å². The van der Waals surface area contributed by atoms with Crippen LogP contribution < -0.4 is 5.32 Å². The van der Waals surface area contributed by atoms with Crippen LogP contribution in [0.3, 0.4) is 0 Å². The summed E-state index contributed by atoms with van der Waals surface area (Å²) < 4.78 is 5.24. The van der Waals surface area contributed by atoms with Crippen molar-refractivity contribution in [3.63, 3.8) is 0 Å². The predicted molar refractivity (Wildman–Crippen MR) is 86.2 cm³/mol. The van der Waals surface area contributed by atoms with E-state index >= 15 is 0 Å². The van der Waals surface area contributed by atoms with Gasteiger partial charge < -0.3 is 15.2 Å². The molecule has 1 aromatic rings. The van der Waals surface area contributed by atoms with Crippen molar-refractivity contribution in [3.05, 3.63) is 35.4 Å². The molecule has 1 atom stereocenters. The molecule has 6 heteroatoms. The number of hydrogen-bond donors (Lipinski definition) is 2. The van der Waals surface area contributed by atoms with Gasteiger partial charge >= 0.3 is 5.97 Å². The van der Waals surface area contributed by atoms with Crippen LogP contribution in [0, 0.1) is 6.92 Å². The van der Waals surface area contributed by atoms with Crippen molar-refractivity contribution >= 4 is 11.9 Å². The lowest BCUT2D eigenvalue weighted by molar-refractivity contribution is -0.153. The van der Waals surface area contributed by atoms with Crippen LogP contribution in [0.2, 0.25) is 0 Å². The number of carboxylic acids is 1. The van der Waals surface area contributed by atoms with Gasteiger partial charge in [0.2, 0.25) is 5.91 Å². The Balaban J connectivity index is 2.23. The molecule has 0 aliphatic carbocycles. The lowest BCUT2D eigenvalue weighted by atomic mass is 9.89. The number of amides is 1. The van der Waals surface area contributed by atoms with Gasteiger partial charge in [-0.3, -0.25) is 9.69 Å². The molecule has 1 aromatic carbocycles. The fraction of sp³-hybridized carbons (Fsp3) is 0.529. The number of carboxylic acid groups (broad SMARTS) is 1. The highest BCUT2D eigenvalue weighted by molar-refractivity contribution is 5.90. The van der Waals surface area contributed by atoms with Crippen LogP contribution in [0.5, 0.6) is 0 Å². The van der Waals surface area contributed by atoms with Gasteiger partial charge in [0, 0.05) is 26.1 Å². The van der Waals surface area contributed by atoms with Crippen LogP contribution in [0.4, 0.5) is 0 Å². The molecule has 0 spiro atoms. The fourth-order valence-corrected chi connectivity index (χ4v) is 2.85. The smallest absolute Gasteiger partial charge is 0.329 e. The van der Waals surface area contributed by atoms with E-state index in [0.29, 0.717) is 13.2 Å². The Morgan fingerprint density at radius 3 is 2.26 bits per heavy atom. The van der Waals surface area contributed by atoms with E-state index in [0.717, 1.165) is 11.1 Å². The maximum atomic E-state index is 12.8. The molecule has 2 N–H and O–H groups in total. The molecule has 0 radical (unpaired) electrons. The number of aryl methyl sites for hydroxylation is 1. The predicted octanol–water partition coefficient (Wildman–Crippen LogP) is 1.35. The molecule has 6 nitrogen and oxygen atoms in total. The molecule has 0 bridgehead atoms. The molecule has 1 aliphatic heterocycles. The number of likely N-dealkylation sites (N-methyl/N-ethyl adjacent to an activating group) is 1. The summed E-state index contributed by atoms with van der Waals surface area (Å²) in [6.07, 6.45) is 0.560. The van der Waals surface area contributed by atoms with E-state index in [1.54, 1.807) is 4.90 Å². The van der Waals surface area contributed by atoms with Gasteiger partial charge in [-0.15, -0.1) is 0 Å². The SMILES string of the molecule is Cc1ccc([C@@H](C(=O)NC2(C(=O)O)CCOCC2)N(C)C)cc1. The Morgan fingerprint density at radius 1 is 1.22 bits per heavy atom. The number of aliphatic carboxylic acids is 1. The highest BCUT2D eigenvalue weighted by Gasteiger charge is 2.43. The molecule has 1 amide bonds. The number of carbonyl (C=O) groups is 2. The van der Waals surface area contributed by atoms with Gasteiger partial charge in [0.25, 0.3) is 0 Å². The maximum Gasteiger partial charge on any atom is 0.329 e. The van der Waals surface area contributed by atoms with Crippen molar-refractivity contribution in [1.29, 1.82) is 0 Å². The van der Waals surface area contributed by atoms with Crippen molar-refractivity contribution in [2.45, 2.75) is 31.3 Å². The Hall–Kier alpha value is -1.92. The minimum atomic E-state index is -1.24. The Kier molecular flexibility index (Phi) is 5.38. The molecule has 1 saturated heterocycles. The number of ether oxygens (including phenoxy) is 1. The van der Waals surface area contributed by atoms with Crippen molar-refractivity contribution in [3.8, 4) is 0 Å². The summed E-state index contributed by atoms with van der Waals surface area (Å²) >= 11 is 0. The van der Waals surface area contributed by atoms with Gasteiger partial charge in [-0.05, 0) is 26.6 Å². The third-order valence-corrected chi connectivity index (χ3v) is 4.28. The van der Waals surface area contributed by atoms with Crippen LogP contribution in [-0.2, 0) is 14.3 Å². The molecule has 23 heavy (non-hydrogen) atoms. The molecule has 126 valence electrons. The molecular formula is C17H24N2O4. The van der Waals surface area contributed by atoms with Gasteiger partial charge in [-0.25, -0.2) is 4.79 Å². The van der Waals surface area contributed by atoms with Gasteiger partial charge in [0.1, 0.15) is 11.6 Å². The third-order valence-electron chi connectivity index (χ3n) is 4.28. The number of benzene rings is 1. The molecule has 0 unspecified atom stereocenters. The van der Waals surface area contributed by atoms with E-state index in [-0.39, 0.29) is 18.7 Å². The normalized spacial score (nSPS) is 18.4. The van der Waals surface area contributed by atoms with Gasteiger partial charge in [0.05, 0.1) is 0 Å². The fourth-order valence-electron chi connectivity index (χ4n) is 2.85. The van der Waals surface area contributed by atoms with Crippen LogP contribution in [-0.4, -0.2) is 54.7 Å². The summed E-state index contributed by atoms with van der Waals surface area (Å²) in [5.41, 5.74) is 0.706. The second-order valence-corrected chi connectivity index (χ2v) is 6.27. The number of hydrogen-bond acceptors (Lipinski definition) is 4. The minimum absolute atomic E-state index is 0.280. The first kappa shape index (κ1) is 17.4. The lowest BCUT2D eigenvalue weighted by Crippen LogP contribution is -2.59. The molecule has 0 saturated carbocycles. The number of nitrogens with one attached hydrogen (secondary N) is 1. The zero-order valence-corrected chi connectivity index (χ0v) is 13.8. The summed E-state index contributed by atoms with van der Waals surface area (Å²) in [6.45, 7) is 2.66. The first-order chi connectivity index (χ1) is 10.9. The second kappa shape index (κ2) is 7.10. The van der Waals surface area contributed by atoms with Crippen LogP contribution in [0.1, 0.15) is 30.0 Å². The molecule has 0 aromatic heterocycles. The number of rotatable bonds is 5. The first-order valence-electron chi connectivity index (χ1n) is 7.72. The summed E-state index contributed by atoms with van der Waals surface area (Å²) in [7, 11) is 3.61. The molecule has 2 rings (SSSR count). The number of carbonyl (C=O) groups excluding carboxylic acids is 1. The third kappa shape index (κ3) is 3.89. The Labute approximate surface area is 136 Å². The average Bonchev–Trinajstić information content (AvgIpc) is 2.50. The van der Waals surface area contributed by atoms with Crippen LogP contribution >= 0.6 is 0 Å². The average molecular weight is 320 g/mol. The molecular weight excluding hydrogens is 296 g/mol. The van der Waals surface area contributed by atoms with Gasteiger partial charge in [0.15, 0.2) is 0 Å². The van der Waals surface area contributed by atoms with Crippen molar-refractivity contribution in [2.75, 3.05) is 27.3 Å². The van der Waals surface area contributed by atoms with Crippen molar-refractivity contribution < 1.29 is 19.4 Å². The van der Waals surface area contributed by atoms with E-state index in [2.05, 4.69) is 5.32 Å². The second-order valence-electron chi connectivity index (χ2n) is 6.27. The van der Waals surface area contributed by atoms with Crippen LogP contribution in [0.15, 0.2) is 24.3 Å². The molecule has 1 fully saturated rings. The zero-order valence-electron chi connectivity index (χ0n) is 13.8. The monoisotopic (exact) mass is 320 g/mol. The van der Waals surface area contributed by atoms with E-state index in [1.807, 2.05) is 45.3 Å². The quantitative estimate of drug-likeness (QED) is 0.856. The molecule has 1 heterocycles. The highest BCUT2D eigenvalue weighted by atomic mass is 16.5. The first-order valence-corrected chi connectivity index (χ1v) is 7.72. The van der Waals surface area contributed by atoms with Crippen molar-refractivity contribution in [1.82, 2.24) is 10.2 Å². The standard InChI is InChI=1S/C17H24N2O4/c1-12-4-6-13(7-5-12)14(19(2)3)15(20)18-17(16(21)22)8-10-23-11-9-17/h4-7,14H,8-11H2,1-3H3,(H,18,20)(H,21,22)/t14-/m0/s1. The molecule has 1 aliphatic rings. The van der Waals surface area contributed by atoms with Gasteiger partial charge in [-0.2, -0.15) is 0 Å². The summed E-state index contributed by atoms with van der Waals surface area (Å²) in [4.78, 5) is 26.3. The minimum Gasteiger partial charge on any atom is -0.480 e. The van der Waals surface area contributed by atoms with E-state index in [1.165, 1.54) is 0 Å². The summed E-state index contributed by atoms with van der Waals surface area (Å²) in [5, 5.41) is 12.3. The topological polar surface area (TPSA) is 78.9 Å². The van der Waals surface area contributed by atoms with Gasteiger partial charge in [-0.1, -0.05) is 29.8 Å². The summed E-state index contributed by atoms with van der Waals surface area (Å²) in [5.74, 6) is -1.31. The Bertz CT molecular complexity index is 562. The zero-order chi connectivity index (χ0) is 17.0. The lowest BCUT2D eigenvalue weighted by Gasteiger charge is -2.36. The summed E-state index contributed by atoms with van der Waals surface area (Å²) in [6, 6.07) is 7.16. The Morgan fingerprint density at radius 2 is 1.78 bits per heavy atom.